The van der Waals surface area contributed by atoms with Crippen molar-refractivity contribution in [1.82, 2.24) is 4.90 Å². The molecule has 2 heterocycles. The molecule has 1 saturated heterocycles. The summed E-state index contributed by atoms with van der Waals surface area (Å²) in [5, 5.41) is 13.4. The van der Waals surface area contributed by atoms with Gasteiger partial charge < -0.3 is 19.2 Å². The fourth-order valence-electron chi connectivity index (χ4n) is 4.50. The van der Waals surface area contributed by atoms with E-state index in [-0.39, 0.29) is 12.2 Å². The van der Waals surface area contributed by atoms with Crippen LogP contribution in [0.1, 0.15) is 63.1 Å². The summed E-state index contributed by atoms with van der Waals surface area (Å²) >= 11 is 0. The Hall–Kier alpha value is -3.37. The molecule has 0 bridgehead atoms. The van der Waals surface area contributed by atoms with Gasteiger partial charge in [-0.3, -0.25) is 0 Å². The molecule has 0 N–H and O–H groups in total. The van der Waals surface area contributed by atoms with E-state index in [0.29, 0.717) is 50.9 Å². The normalized spacial score (nSPS) is 19.4. The molecular formula is C28H33N3O4. The summed E-state index contributed by atoms with van der Waals surface area (Å²) in [6.45, 7) is 7.28. The zero-order valence-corrected chi connectivity index (χ0v) is 20.7. The second kappa shape index (κ2) is 10.5. The first-order valence-electron chi connectivity index (χ1n) is 12.1. The number of rotatable bonds is 6. The van der Waals surface area contributed by atoms with E-state index in [4.69, 9.17) is 19.6 Å². The molecule has 0 aliphatic carbocycles. The summed E-state index contributed by atoms with van der Waals surface area (Å²) in [4.78, 5) is 20.2. The van der Waals surface area contributed by atoms with Gasteiger partial charge in [0.1, 0.15) is 11.7 Å². The summed E-state index contributed by atoms with van der Waals surface area (Å²) in [5.41, 5.74) is 2.63. The van der Waals surface area contributed by atoms with Crippen LogP contribution in [0.2, 0.25) is 0 Å². The molecule has 7 nitrogen and oxygen atoms in total. The van der Waals surface area contributed by atoms with Crippen molar-refractivity contribution in [2.45, 2.75) is 70.4 Å². The number of nitrogens with zero attached hydrogens (tertiary/aromatic N) is 3. The third kappa shape index (κ3) is 6.61. The van der Waals surface area contributed by atoms with Gasteiger partial charge in [0.25, 0.3) is 0 Å². The average molecular weight is 476 g/mol. The molecule has 35 heavy (non-hydrogen) atoms. The fraction of sp³-hybridized carbons (Fsp3) is 0.464. The first-order chi connectivity index (χ1) is 16.8. The Bertz CT molecular complexity index is 1080. The van der Waals surface area contributed by atoms with Gasteiger partial charge in [0, 0.05) is 25.9 Å². The van der Waals surface area contributed by atoms with Crippen molar-refractivity contribution in [1.29, 1.82) is 5.26 Å². The third-order valence-corrected chi connectivity index (χ3v) is 6.39. The zero-order chi connectivity index (χ0) is 24.9. The number of likely N-dealkylation sites (tertiary alicyclic amines) is 1. The van der Waals surface area contributed by atoms with Crippen LogP contribution in [-0.2, 0) is 20.9 Å². The smallest absolute Gasteiger partial charge is 0.410 e. The monoisotopic (exact) mass is 475 g/mol. The van der Waals surface area contributed by atoms with Crippen LogP contribution in [0.3, 0.4) is 0 Å². The molecule has 0 radical (unpaired) electrons. The number of piperidine rings is 1. The maximum absolute atomic E-state index is 12.6. The molecule has 2 aromatic rings. The summed E-state index contributed by atoms with van der Waals surface area (Å²) in [7, 11) is 0. The Morgan fingerprint density at radius 1 is 1.14 bits per heavy atom. The molecular weight excluding hydrogens is 442 g/mol. The highest BCUT2D eigenvalue weighted by Gasteiger charge is 2.41. The van der Waals surface area contributed by atoms with E-state index in [9.17, 15) is 4.79 Å². The van der Waals surface area contributed by atoms with Crippen molar-refractivity contribution < 1.29 is 19.1 Å². The molecule has 4 rings (SSSR count). The molecule has 184 valence electrons. The van der Waals surface area contributed by atoms with E-state index >= 15 is 0 Å². The minimum Gasteiger partial charge on any atom is -0.444 e. The first-order valence-corrected chi connectivity index (χ1v) is 12.1. The van der Waals surface area contributed by atoms with Gasteiger partial charge in [-0.05, 0) is 56.9 Å². The van der Waals surface area contributed by atoms with Crippen LogP contribution in [0.4, 0.5) is 4.79 Å². The van der Waals surface area contributed by atoms with Crippen LogP contribution in [0.5, 0.6) is 0 Å². The lowest BCUT2D eigenvalue weighted by Crippen LogP contribution is -2.50. The van der Waals surface area contributed by atoms with Crippen molar-refractivity contribution in [3.63, 3.8) is 0 Å². The molecule has 0 spiro atoms. The Balaban J connectivity index is 1.41. The SMILES string of the molecule is CC(C)(C)OC(=O)N1CCC(CC2CC(c3ccc(C#N)cc3)=NO2)(OCc2ccccc2)CC1. The van der Waals surface area contributed by atoms with Crippen LogP contribution in [0, 0.1) is 11.3 Å². The van der Waals surface area contributed by atoms with Crippen molar-refractivity contribution >= 4 is 11.8 Å². The lowest BCUT2D eigenvalue weighted by atomic mass is 9.84. The van der Waals surface area contributed by atoms with Crippen LogP contribution in [-0.4, -0.2) is 47.1 Å². The van der Waals surface area contributed by atoms with Gasteiger partial charge in [0.2, 0.25) is 0 Å². The predicted octanol–water partition coefficient (Wildman–Crippen LogP) is 5.43. The van der Waals surface area contributed by atoms with Gasteiger partial charge in [-0.25, -0.2) is 4.79 Å². The zero-order valence-electron chi connectivity index (χ0n) is 20.7. The van der Waals surface area contributed by atoms with Crippen LogP contribution in [0.15, 0.2) is 59.8 Å². The first kappa shape index (κ1) is 24.7. The molecule has 0 saturated carbocycles. The number of amides is 1. The number of hydrogen-bond acceptors (Lipinski definition) is 6. The van der Waals surface area contributed by atoms with Gasteiger partial charge in [-0.1, -0.05) is 47.6 Å². The highest BCUT2D eigenvalue weighted by molar-refractivity contribution is 6.01. The van der Waals surface area contributed by atoms with Crippen LogP contribution in [0.25, 0.3) is 0 Å². The molecule has 2 aliphatic rings. The highest BCUT2D eigenvalue weighted by Crippen LogP contribution is 2.36. The number of nitriles is 1. The largest absolute Gasteiger partial charge is 0.444 e. The number of benzene rings is 2. The molecule has 7 heteroatoms. The number of carbonyl (C=O) groups is 1. The molecule has 1 atom stereocenters. The molecule has 1 fully saturated rings. The maximum atomic E-state index is 12.6. The predicted molar refractivity (Wildman–Crippen MR) is 133 cm³/mol. The number of oxime groups is 1. The van der Waals surface area contributed by atoms with Gasteiger partial charge >= 0.3 is 6.09 Å². The Labute approximate surface area is 207 Å². The van der Waals surface area contributed by atoms with Crippen molar-refractivity contribution in [2.75, 3.05) is 13.1 Å². The minimum absolute atomic E-state index is 0.107. The second-order valence-electron chi connectivity index (χ2n) is 10.3. The van der Waals surface area contributed by atoms with E-state index in [1.807, 2.05) is 51.1 Å². The van der Waals surface area contributed by atoms with Crippen LogP contribution >= 0.6 is 0 Å². The van der Waals surface area contributed by atoms with E-state index in [1.165, 1.54) is 0 Å². The Morgan fingerprint density at radius 3 is 2.46 bits per heavy atom. The van der Waals surface area contributed by atoms with E-state index in [0.717, 1.165) is 16.8 Å². The number of hydrogen-bond donors (Lipinski definition) is 0. The summed E-state index contributed by atoms with van der Waals surface area (Å²) in [5.74, 6) is 0. The molecule has 1 amide bonds. The van der Waals surface area contributed by atoms with Crippen molar-refractivity contribution in [3.8, 4) is 6.07 Å². The molecule has 2 aromatic carbocycles. The number of ether oxygens (including phenoxy) is 2. The molecule has 2 aliphatic heterocycles. The van der Waals surface area contributed by atoms with Gasteiger partial charge in [-0.15, -0.1) is 0 Å². The average Bonchev–Trinajstić information content (AvgIpc) is 3.31. The third-order valence-electron chi connectivity index (χ3n) is 6.39. The second-order valence-corrected chi connectivity index (χ2v) is 10.3. The topological polar surface area (TPSA) is 84.2 Å². The maximum Gasteiger partial charge on any atom is 0.410 e. The van der Waals surface area contributed by atoms with E-state index < -0.39 is 11.2 Å². The lowest BCUT2D eigenvalue weighted by Gasteiger charge is -2.42. The minimum atomic E-state index is -0.522. The Kier molecular flexibility index (Phi) is 7.42. The van der Waals surface area contributed by atoms with Gasteiger partial charge in [0.05, 0.1) is 29.6 Å². The van der Waals surface area contributed by atoms with Gasteiger partial charge in [0.15, 0.2) is 0 Å². The van der Waals surface area contributed by atoms with Crippen molar-refractivity contribution in [2.24, 2.45) is 5.16 Å². The summed E-state index contributed by atoms with van der Waals surface area (Å²) in [6.07, 6.45) is 2.38. The highest BCUT2D eigenvalue weighted by atomic mass is 16.6. The van der Waals surface area contributed by atoms with E-state index in [1.54, 1.807) is 17.0 Å². The van der Waals surface area contributed by atoms with Crippen molar-refractivity contribution in [3.05, 3.63) is 71.3 Å². The standard InChI is InChI=1S/C28H33N3O4/c1-27(2,3)34-26(32)31-15-13-28(14-16-31,33-20-22-7-5-4-6-8-22)18-24-17-25(30-35-24)23-11-9-21(19-29)10-12-23/h4-12,24H,13-18,20H2,1-3H3. The Morgan fingerprint density at radius 2 is 1.83 bits per heavy atom. The lowest BCUT2D eigenvalue weighted by molar-refractivity contribution is -0.119. The quantitative estimate of drug-likeness (QED) is 0.556. The molecule has 1 unspecified atom stereocenters. The number of carbonyl (C=O) groups excluding carboxylic acids is 1. The van der Waals surface area contributed by atoms with Gasteiger partial charge in [-0.2, -0.15) is 5.26 Å². The summed E-state index contributed by atoms with van der Waals surface area (Å²) < 4.78 is 12.1. The van der Waals surface area contributed by atoms with E-state index in [2.05, 4.69) is 23.4 Å². The van der Waals surface area contributed by atoms with Crippen LogP contribution < -0.4 is 0 Å². The fourth-order valence-corrected chi connectivity index (χ4v) is 4.50. The molecule has 0 aromatic heterocycles. The summed E-state index contributed by atoms with van der Waals surface area (Å²) in [6, 6.07) is 19.7.